The molecule has 42 heavy (non-hydrogen) atoms. The summed E-state index contributed by atoms with van der Waals surface area (Å²) in [7, 11) is -3.00. The zero-order chi connectivity index (χ0) is 31.1. The minimum absolute atomic E-state index is 0.327. The SMILES string of the molecule is CN1CCC(Oc2cc(NS(=O)(=O)c3ccc(C(F)(F)F)c(Oc4cccc(C(F)(F)F)c4)c3)ccc2C(F)(F)F)C1. The first-order chi connectivity index (χ1) is 19.3. The lowest BCUT2D eigenvalue weighted by Gasteiger charge is -2.20. The number of ether oxygens (including phenoxy) is 2. The summed E-state index contributed by atoms with van der Waals surface area (Å²) < 4.78 is 160. The molecule has 1 heterocycles. The quantitative estimate of drug-likeness (QED) is 0.276. The molecule has 0 aromatic heterocycles. The Balaban J connectivity index is 1.68. The third kappa shape index (κ3) is 7.40. The van der Waals surface area contributed by atoms with Gasteiger partial charge in [0.1, 0.15) is 23.4 Å². The van der Waals surface area contributed by atoms with Crippen molar-refractivity contribution in [2.45, 2.75) is 35.9 Å². The highest BCUT2D eigenvalue weighted by atomic mass is 32.2. The molecule has 0 bridgehead atoms. The Morgan fingerprint density at radius 2 is 1.45 bits per heavy atom. The van der Waals surface area contributed by atoms with Crippen molar-refractivity contribution in [3.63, 3.8) is 0 Å². The topological polar surface area (TPSA) is 67.9 Å². The van der Waals surface area contributed by atoms with Crippen LogP contribution in [-0.4, -0.2) is 39.6 Å². The average Bonchev–Trinajstić information content (AvgIpc) is 3.26. The normalized spacial score (nSPS) is 16.9. The summed E-state index contributed by atoms with van der Waals surface area (Å²) >= 11 is 0. The fourth-order valence-electron chi connectivity index (χ4n) is 4.15. The molecule has 4 rings (SSSR count). The minimum atomic E-state index is -5.08. The van der Waals surface area contributed by atoms with E-state index in [4.69, 9.17) is 9.47 Å². The lowest BCUT2D eigenvalue weighted by atomic mass is 10.1. The molecule has 1 fully saturated rings. The van der Waals surface area contributed by atoms with Crippen molar-refractivity contribution in [3.8, 4) is 17.2 Å². The molecule has 6 nitrogen and oxygen atoms in total. The number of benzene rings is 3. The number of hydrogen-bond acceptors (Lipinski definition) is 5. The molecule has 1 unspecified atom stereocenters. The lowest BCUT2D eigenvalue weighted by molar-refractivity contribution is -0.139. The first kappa shape index (κ1) is 31.3. The summed E-state index contributed by atoms with van der Waals surface area (Å²) in [6.45, 7) is 0.893. The van der Waals surface area contributed by atoms with Gasteiger partial charge in [-0.05, 0) is 55.9 Å². The zero-order valence-corrected chi connectivity index (χ0v) is 22.2. The van der Waals surface area contributed by atoms with Gasteiger partial charge >= 0.3 is 18.5 Å². The predicted octanol–water partition coefficient (Wildman–Crippen LogP) is 7.42. The average molecular weight is 629 g/mol. The standard InChI is InChI=1S/C26H21F9N2O4S/c1-37-10-9-18(14-37)41-22-12-16(5-7-20(22)25(30,31)32)36-42(38,39)19-6-8-21(26(33,34)35)23(13-19)40-17-4-2-3-15(11-17)24(27,28)29/h2-8,11-13,18,36H,9-10,14H2,1H3. The molecule has 16 heteroatoms. The molecule has 0 radical (unpaired) electrons. The van der Waals surface area contributed by atoms with Crippen LogP contribution in [0.3, 0.4) is 0 Å². The maximum absolute atomic E-state index is 13.6. The molecule has 0 saturated carbocycles. The number of likely N-dealkylation sites (N-methyl/N-ethyl adjacent to an activating group) is 1. The van der Waals surface area contributed by atoms with E-state index in [-0.39, 0.29) is 5.69 Å². The fourth-order valence-corrected chi connectivity index (χ4v) is 5.22. The van der Waals surface area contributed by atoms with Crippen molar-refractivity contribution in [1.29, 1.82) is 0 Å². The van der Waals surface area contributed by atoms with Crippen molar-refractivity contribution >= 4 is 15.7 Å². The number of nitrogens with zero attached hydrogens (tertiary/aromatic N) is 1. The Morgan fingerprint density at radius 3 is 2.05 bits per heavy atom. The summed E-state index contributed by atoms with van der Waals surface area (Å²) in [6, 6.07) is 6.52. The van der Waals surface area contributed by atoms with Gasteiger partial charge in [0, 0.05) is 25.2 Å². The first-order valence-corrected chi connectivity index (χ1v) is 13.5. The number of hydrogen-bond donors (Lipinski definition) is 1. The number of halogens is 9. The smallest absolute Gasteiger partial charge is 0.419 e. The largest absolute Gasteiger partial charge is 0.488 e. The van der Waals surface area contributed by atoms with Crippen LogP contribution in [0, 0.1) is 0 Å². The molecule has 1 aliphatic heterocycles. The van der Waals surface area contributed by atoms with Gasteiger partial charge in [-0.1, -0.05) is 6.07 Å². The van der Waals surface area contributed by atoms with E-state index >= 15 is 0 Å². The molecule has 1 aliphatic rings. The second kappa shape index (κ2) is 11.2. The monoisotopic (exact) mass is 628 g/mol. The third-order valence-electron chi connectivity index (χ3n) is 6.14. The Kier molecular flexibility index (Phi) is 8.34. The Labute approximate surface area is 233 Å². The van der Waals surface area contributed by atoms with E-state index in [2.05, 4.69) is 0 Å². The molecule has 0 spiro atoms. The van der Waals surface area contributed by atoms with Gasteiger partial charge in [-0.2, -0.15) is 39.5 Å². The predicted molar refractivity (Wildman–Crippen MR) is 132 cm³/mol. The number of sulfonamides is 1. The molecule has 0 amide bonds. The number of nitrogens with one attached hydrogen (secondary N) is 1. The number of likely N-dealkylation sites (tertiary alicyclic amines) is 1. The van der Waals surface area contributed by atoms with Crippen LogP contribution in [0.4, 0.5) is 45.2 Å². The molecule has 1 saturated heterocycles. The number of alkyl halides is 9. The highest BCUT2D eigenvalue weighted by Crippen LogP contribution is 2.42. The van der Waals surface area contributed by atoms with E-state index in [1.165, 1.54) is 0 Å². The van der Waals surface area contributed by atoms with E-state index in [0.717, 1.165) is 24.3 Å². The van der Waals surface area contributed by atoms with Crippen molar-refractivity contribution in [3.05, 3.63) is 77.4 Å². The molecule has 228 valence electrons. The molecule has 0 aliphatic carbocycles. The Morgan fingerprint density at radius 1 is 0.810 bits per heavy atom. The van der Waals surface area contributed by atoms with E-state index in [1.54, 1.807) is 7.05 Å². The lowest BCUT2D eigenvalue weighted by Crippen LogP contribution is -2.23. The van der Waals surface area contributed by atoms with Gasteiger partial charge in [0.2, 0.25) is 0 Å². The molecule has 3 aromatic carbocycles. The van der Waals surface area contributed by atoms with E-state index in [0.29, 0.717) is 55.9 Å². The summed E-state index contributed by atoms with van der Waals surface area (Å²) in [5, 5.41) is 0. The highest BCUT2D eigenvalue weighted by Gasteiger charge is 2.38. The summed E-state index contributed by atoms with van der Waals surface area (Å²) in [4.78, 5) is 1.02. The van der Waals surface area contributed by atoms with Crippen molar-refractivity contribution < 1.29 is 57.4 Å². The van der Waals surface area contributed by atoms with Crippen LogP contribution in [0.2, 0.25) is 0 Å². The molecule has 3 aromatic rings. The van der Waals surface area contributed by atoms with Gasteiger partial charge in [-0.15, -0.1) is 0 Å². The van der Waals surface area contributed by atoms with Gasteiger partial charge in [0.05, 0.1) is 27.3 Å². The van der Waals surface area contributed by atoms with Crippen molar-refractivity contribution in [2.24, 2.45) is 0 Å². The molecular weight excluding hydrogens is 607 g/mol. The Bertz CT molecular complexity index is 1550. The number of rotatable bonds is 7. The van der Waals surface area contributed by atoms with Gasteiger partial charge in [0.15, 0.2) is 0 Å². The maximum Gasteiger partial charge on any atom is 0.419 e. The van der Waals surface area contributed by atoms with Gasteiger partial charge in [0.25, 0.3) is 10.0 Å². The summed E-state index contributed by atoms with van der Waals surface area (Å²) in [5.74, 6) is -2.42. The third-order valence-corrected chi connectivity index (χ3v) is 7.52. The van der Waals surface area contributed by atoms with Gasteiger partial charge in [-0.25, -0.2) is 8.42 Å². The second-order valence-electron chi connectivity index (χ2n) is 9.39. The van der Waals surface area contributed by atoms with Crippen LogP contribution >= 0.6 is 0 Å². The number of anilines is 1. The van der Waals surface area contributed by atoms with Crippen LogP contribution in [-0.2, 0) is 28.6 Å². The van der Waals surface area contributed by atoms with Crippen LogP contribution in [0.25, 0.3) is 0 Å². The summed E-state index contributed by atoms with van der Waals surface area (Å²) in [6.07, 6.45) is -14.9. The maximum atomic E-state index is 13.6. The zero-order valence-electron chi connectivity index (χ0n) is 21.4. The fraction of sp³-hybridized carbons (Fsp3) is 0.308. The summed E-state index contributed by atoms with van der Waals surface area (Å²) in [5.41, 5.74) is -4.25. The molecule has 1 atom stereocenters. The first-order valence-electron chi connectivity index (χ1n) is 12.0. The van der Waals surface area contributed by atoms with Crippen LogP contribution in [0.15, 0.2) is 65.6 Å². The molecule has 1 N–H and O–H groups in total. The van der Waals surface area contributed by atoms with Crippen LogP contribution in [0.1, 0.15) is 23.1 Å². The second-order valence-corrected chi connectivity index (χ2v) is 11.1. The Hall–Kier alpha value is -3.66. The van der Waals surface area contributed by atoms with E-state index < -0.39 is 73.5 Å². The van der Waals surface area contributed by atoms with Gasteiger partial charge < -0.3 is 14.4 Å². The minimum Gasteiger partial charge on any atom is -0.488 e. The van der Waals surface area contributed by atoms with Gasteiger partial charge in [-0.3, -0.25) is 4.72 Å². The van der Waals surface area contributed by atoms with Crippen molar-refractivity contribution in [1.82, 2.24) is 4.90 Å². The van der Waals surface area contributed by atoms with Crippen molar-refractivity contribution in [2.75, 3.05) is 24.9 Å². The van der Waals surface area contributed by atoms with Crippen LogP contribution in [0.5, 0.6) is 17.2 Å². The highest BCUT2D eigenvalue weighted by molar-refractivity contribution is 7.92. The van der Waals surface area contributed by atoms with E-state index in [9.17, 15) is 47.9 Å². The van der Waals surface area contributed by atoms with E-state index in [1.807, 2.05) is 9.62 Å². The van der Waals surface area contributed by atoms with Crippen LogP contribution < -0.4 is 14.2 Å². The molecular formula is C26H21F9N2O4S.